The lowest BCUT2D eigenvalue weighted by atomic mass is 10.2. The van der Waals surface area contributed by atoms with E-state index >= 15 is 0 Å². The molecule has 1 fully saturated rings. The fourth-order valence-corrected chi connectivity index (χ4v) is 1.65. The summed E-state index contributed by atoms with van der Waals surface area (Å²) in [7, 11) is 1.91. The highest BCUT2D eigenvalue weighted by Gasteiger charge is 2.19. The monoisotopic (exact) mass is 212 g/mol. The molecule has 15 heavy (non-hydrogen) atoms. The van der Waals surface area contributed by atoms with Gasteiger partial charge in [-0.15, -0.1) is 5.10 Å². The van der Waals surface area contributed by atoms with Crippen LogP contribution in [0.2, 0.25) is 0 Å². The summed E-state index contributed by atoms with van der Waals surface area (Å²) in [6, 6.07) is 0.506. The highest BCUT2D eigenvalue weighted by molar-refractivity contribution is 5.22. The molecule has 1 unspecified atom stereocenters. The molecule has 2 heterocycles. The van der Waals surface area contributed by atoms with Crippen LogP contribution in [0.25, 0.3) is 0 Å². The normalized spacial score (nSPS) is 20.8. The van der Waals surface area contributed by atoms with Crippen molar-refractivity contribution in [2.24, 2.45) is 5.73 Å². The van der Waals surface area contributed by atoms with Gasteiger partial charge >= 0.3 is 6.01 Å². The maximum Gasteiger partial charge on any atom is 0.318 e. The number of hydrogen-bond donors (Lipinski definition) is 1. The SMILES string of the molecule is CN(CC1CCCO1)c1nnc(CN)o1. The summed E-state index contributed by atoms with van der Waals surface area (Å²) < 4.78 is 10.9. The summed E-state index contributed by atoms with van der Waals surface area (Å²) in [5, 5.41) is 7.71. The molecule has 0 aromatic carbocycles. The molecule has 1 saturated heterocycles. The smallest absolute Gasteiger partial charge is 0.318 e. The molecule has 1 aliphatic heterocycles. The molecule has 0 radical (unpaired) electrons. The van der Waals surface area contributed by atoms with Gasteiger partial charge in [-0.25, -0.2) is 0 Å². The van der Waals surface area contributed by atoms with Crippen LogP contribution in [0.3, 0.4) is 0 Å². The Bertz CT molecular complexity index is 309. The molecule has 0 aliphatic carbocycles. The maximum atomic E-state index is 5.52. The molecule has 0 amide bonds. The number of rotatable bonds is 4. The van der Waals surface area contributed by atoms with Gasteiger partial charge in [-0.2, -0.15) is 0 Å². The third-order valence-electron chi connectivity index (χ3n) is 2.46. The summed E-state index contributed by atoms with van der Waals surface area (Å²) in [6.07, 6.45) is 2.52. The van der Waals surface area contributed by atoms with Crippen LogP contribution in [0, 0.1) is 0 Å². The zero-order valence-electron chi connectivity index (χ0n) is 8.85. The fraction of sp³-hybridized carbons (Fsp3) is 0.778. The molecular weight excluding hydrogens is 196 g/mol. The molecule has 1 atom stereocenters. The van der Waals surface area contributed by atoms with Gasteiger partial charge in [0.1, 0.15) is 0 Å². The van der Waals surface area contributed by atoms with E-state index in [1.807, 2.05) is 11.9 Å². The highest BCUT2D eigenvalue weighted by Crippen LogP contribution is 2.16. The predicted octanol–water partition coefficient (Wildman–Crippen LogP) is 0.143. The molecular formula is C9H16N4O2. The minimum absolute atomic E-state index is 0.279. The van der Waals surface area contributed by atoms with E-state index in [1.165, 1.54) is 0 Å². The van der Waals surface area contributed by atoms with E-state index in [-0.39, 0.29) is 12.6 Å². The van der Waals surface area contributed by atoms with Crippen molar-refractivity contribution in [3.63, 3.8) is 0 Å². The molecule has 6 heteroatoms. The van der Waals surface area contributed by atoms with Crippen molar-refractivity contribution in [3.05, 3.63) is 5.89 Å². The minimum Gasteiger partial charge on any atom is -0.407 e. The standard InChI is InChI=1S/C9H16N4O2/c1-13(6-7-3-2-4-14-7)9-12-11-8(5-10)15-9/h7H,2-6,10H2,1H3. The minimum atomic E-state index is 0.279. The van der Waals surface area contributed by atoms with E-state index in [2.05, 4.69) is 10.2 Å². The average Bonchev–Trinajstić information content (AvgIpc) is 2.86. The zero-order valence-corrected chi connectivity index (χ0v) is 8.85. The number of nitrogens with two attached hydrogens (primary N) is 1. The topological polar surface area (TPSA) is 77.4 Å². The van der Waals surface area contributed by atoms with Crippen molar-refractivity contribution < 1.29 is 9.15 Å². The van der Waals surface area contributed by atoms with Crippen molar-refractivity contribution in [1.82, 2.24) is 10.2 Å². The number of ether oxygens (including phenoxy) is 1. The molecule has 0 saturated carbocycles. The molecule has 1 aliphatic rings. The Morgan fingerprint density at radius 1 is 1.53 bits per heavy atom. The Labute approximate surface area is 88.4 Å². The first-order valence-electron chi connectivity index (χ1n) is 5.15. The Balaban J connectivity index is 1.91. The van der Waals surface area contributed by atoms with Crippen molar-refractivity contribution in [3.8, 4) is 0 Å². The molecule has 84 valence electrons. The molecule has 2 rings (SSSR count). The molecule has 2 N–H and O–H groups in total. The van der Waals surface area contributed by atoms with Crippen LogP contribution < -0.4 is 10.6 Å². The van der Waals surface area contributed by atoms with Gasteiger partial charge in [0.2, 0.25) is 5.89 Å². The van der Waals surface area contributed by atoms with Crippen LogP contribution in [0.1, 0.15) is 18.7 Å². The number of anilines is 1. The second kappa shape index (κ2) is 4.59. The van der Waals surface area contributed by atoms with Gasteiger partial charge in [-0.3, -0.25) is 0 Å². The lowest BCUT2D eigenvalue weighted by molar-refractivity contribution is 0.115. The number of nitrogens with zero attached hydrogens (tertiary/aromatic N) is 3. The molecule has 1 aromatic heterocycles. The molecule has 6 nitrogen and oxygen atoms in total. The van der Waals surface area contributed by atoms with Crippen molar-refractivity contribution in [1.29, 1.82) is 0 Å². The summed E-state index contributed by atoms with van der Waals surface area (Å²) in [4.78, 5) is 1.90. The van der Waals surface area contributed by atoms with E-state index in [9.17, 15) is 0 Å². The van der Waals surface area contributed by atoms with Crippen LogP contribution in [0.4, 0.5) is 6.01 Å². The Kier molecular flexibility index (Phi) is 3.17. The summed E-state index contributed by atoms with van der Waals surface area (Å²) in [5.74, 6) is 0.462. The maximum absolute atomic E-state index is 5.52. The highest BCUT2D eigenvalue weighted by atomic mass is 16.5. The summed E-state index contributed by atoms with van der Waals surface area (Å²) in [6.45, 7) is 1.92. The van der Waals surface area contributed by atoms with Crippen molar-refractivity contribution >= 4 is 6.01 Å². The lowest BCUT2D eigenvalue weighted by Crippen LogP contribution is -2.28. The van der Waals surface area contributed by atoms with Gasteiger partial charge in [0.15, 0.2) is 0 Å². The van der Waals surface area contributed by atoms with Crippen LogP contribution in [-0.2, 0) is 11.3 Å². The van der Waals surface area contributed by atoms with Crippen LogP contribution >= 0.6 is 0 Å². The van der Waals surface area contributed by atoms with Gasteiger partial charge in [-0.1, -0.05) is 5.10 Å². The zero-order chi connectivity index (χ0) is 10.7. The second-order valence-corrected chi connectivity index (χ2v) is 3.70. The summed E-state index contributed by atoms with van der Waals surface area (Å²) >= 11 is 0. The van der Waals surface area contributed by atoms with Crippen LogP contribution in [0.5, 0.6) is 0 Å². The third kappa shape index (κ3) is 2.45. The van der Waals surface area contributed by atoms with E-state index in [0.717, 1.165) is 26.0 Å². The van der Waals surface area contributed by atoms with Crippen molar-refractivity contribution in [2.75, 3.05) is 25.1 Å². The Morgan fingerprint density at radius 3 is 3.00 bits per heavy atom. The molecule has 1 aromatic rings. The van der Waals surface area contributed by atoms with Crippen LogP contribution in [0.15, 0.2) is 4.42 Å². The quantitative estimate of drug-likeness (QED) is 0.765. The van der Waals surface area contributed by atoms with Crippen LogP contribution in [-0.4, -0.2) is 36.5 Å². The Morgan fingerprint density at radius 2 is 2.40 bits per heavy atom. The van der Waals surface area contributed by atoms with Gasteiger partial charge in [-0.05, 0) is 12.8 Å². The predicted molar refractivity (Wildman–Crippen MR) is 54.4 cm³/mol. The van der Waals surface area contributed by atoms with Crippen molar-refractivity contribution in [2.45, 2.75) is 25.5 Å². The molecule has 0 spiro atoms. The summed E-state index contributed by atoms with van der Waals surface area (Å²) in [5.41, 5.74) is 5.39. The largest absolute Gasteiger partial charge is 0.407 e. The number of aromatic nitrogens is 2. The number of likely N-dealkylation sites (N-methyl/N-ethyl adjacent to an activating group) is 1. The number of hydrogen-bond acceptors (Lipinski definition) is 6. The van der Waals surface area contributed by atoms with Gasteiger partial charge < -0.3 is 19.8 Å². The van der Waals surface area contributed by atoms with E-state index in [0.29, 0.717) is 11.9 Å². The van der Waals surface area contributed by atoms with E-state index in [4.69, 9.17) is 14.9 Å². The van der Waals surface area contributed by atoms with E-state index in [1.54, 1.807) is 0 Å². The lowest BCUT2D eigenvalue weighted by Gasteiger charge is -2.17. The van der Waals surface area contributed by atoms with Gasteiger partial charge in [0.05, 0.1) is 12.6 Å². The van der Waals surface area contributed by atoms with Gasteiger partial charge in [0.25, 0.3) is 0 Å². The third-order valence-corrected chi connectivity index (χ3v) is 2.46. The first-order valence-corrected chi connectivity index (χ1v) is 5.15. The first-order chi connectivity index (χ1) is 7.29. The average molecular weight is 212 g/mol. The molecule has 0 bridgehead atoms. The van der Waals surface area contributed by atoms with Gasteiger partial charge in [0, 0.05) is 20.2 Å². The fourth-order valence-electron chi connectivity index (χ4n) is 1.65. The second-order valence-electron chi connectivity index (χ2n) is 3.70. The van der Waals surface area contributed by atoms with E-state index < -0.39 is 0 Å². The Hall–Kier alpha value is -1.14. The first kappa shape index (κ1) is 10.4.